The molecule has 3 aromatic rings. The summed E-state index contributed by atoms with van der Waals surface area (Å²) >= 11 is 2.89. The molecule has 1 atom stereocenters. The Morgan fingerprint density at radius 1 is 1.03 bits per heavy atom. The van der Waals surface area contributed by atoms with Crippen molar-refractivity contribution in [2.24, 2.45) is 0 Å². The number of carbonyl (C=O) groups excluding carboxylic acids is 3. The highest BCUT2D eigenvalue weighted by Crippen LogP contribution is 2.31. The highest BCUT2D eigenvalue weighted by atomic mass is 32.1. The van der Waals surface area contributed by atoms with Crippen molar-refractivity contribution < 1.29 is 14.4 Å². The normalized spacial score (nSPS) is 11.6. The van der Waals surface area contributed by atoms with E-state index in [0.29, 0.717) is 11.7 Å². The van der Waals surface area contributed by atoms with E-state index in [1.54, 1.807) is 11.3 Å². The Labute approximate surface area is 188 Å². The minimum absolute atomic E-state index is 0.0724. The van der Waals surface area contributed by atoms with Crippen molar-refractivity contribution in [1.82, 2.24) is 15.6 Å². The zero-order chi connectivity index (χ0) is 22.4. The van der Waals surface area contributed by atoms with E-state index in [-0.39, 0.29) is 24.1 Å². The van der Waals surface area contributed by atoms with Gasteiger partial charge in [-0.2, -0.15) is 0 Å². The third-order valence-corrected chi connectivity index (χ3v) is 6.29. The Morgan fingerprint density at radius 3 is 2.45 bits per heavy atom. The molecule has 2 aromatic heterocycles. The van der Waals surface area contributed by atoms with E-state index in [1.165, 1.54) is 25.2 Å². The molecule has 9 heteroatoms. The van der Waals surface area contributed by atoms with Gasteiger partial charge in [-0.1, -0.05) is 29.8 Å². The summed E-state index contributed by atoms with van der Waals surface area (Å²) in [5.41, 5.74) is 2.76. The first-order valence-electron chi connectivity index (χ1n) is 9.72. The summed E-state index contributed by atoms with van der Waals surface area (Å²) < 4.78 is 0. The van der Waals surface area contributed by atoms with Crippen LogP contribution in [0.1, 0.15) is 42.3 Å². The molecule has 2 heterocycles. The molecule has 0 aliphatic carbocycles. The molecule has 162 valence electrons. The van der Waals surface area contributed by atoms with Gasteiger partial charge >= 0.3 is 0 Å². The summed E-state index contributed by atoms with van der Waals surface area (Å²) in [7, 11) is 0. The summed E-state index contributed by atoms with van der Waals surface area (Å²) in [6.45, 7) is 5.39. The fraction of sp³-hybridized carbons (Fsp3) is 0.273. The number of aromatic nitrogens is 1. The molecule has 1 aromatic carbocycles. The predicted octanol–water partition coefficient (Wildman–Crippen LogP) is 4.02. The largest absolute Gasteiger partial charge is 0.351 e. The summed E-state index contributed by atoms with van der Waals surface area (Å²) in [6.07, 6.45) is 0.109. The van der Waals surface area contributed by atoms with Crippen molar-refractivity contribution in [2.75, 3.05) is 5.32 Å². The minimum Gasteiger partial charge on any atom is -0.351 e. The highest BCUT2D eigenvalue weighted by molar-refractivity contribution is 7.17. The summed E-state index contributed by atoms with van der Waals surface area (Å²) in [5.74, 6) is -0.489. The average molecular weight is 457 g/mol. The zero-order valence-electron chi connectivity index (χ0n) is 17.5. The number of thiophene rings is 1. The molecule has 0 fully saturated rings. The van der Waals surface area contributed by atoms with Crippen molar-refractivity contribution >= 4 is 45.5 Å². The number of anilines is 1. The van der Waals surface area contributed by atoms with Crippen LogP contribution in [0.3, 0.4) is 0 Å². The summed E-state index contributed by atoms with van der Waals surface area (Å²) in [4.78, 5) is 41.8. The smallest absolute Gasteiger partial charge is 0.228 e. The number of hydrogen-bond acceptors (Lipinski definition) is 6. The number of benzene rings is 1. The minimum atomic E-state index is -0.411. The number of nitrogens with zero attached hydrogens (tertiary/aromatic N) is 1. The molecule has 3 N–H and O–H groups in total. The maximum atomic E-state index is 12.6. The van der Waals surface area contributed by atoms with Gasteiger partial charge in [-0.25, -0.2) is 4.98 Å². The van der Waals surface area contributed by atoms with E-state index in [0.717, 1.165) is 26.6 Å². The van der Waals surface area contributed by atoms with E-state index in [9.17, 15) is 14.4 Å². The van der Waals surface area contributed by atoms with Crippen LogP contribution in [0.15, 0.2) is 41.8 Å². The van der Waals surface area contributed by atoms with Crippen LogP contribution in [0.4, 0.5) is 5.13 Å². The van der Waals surface area contributed by atoms with Gasteiger partial charge in [0.25, 0.3) is 0 Å². The molecule has 31 heavy (non-hydrogen) atoms. The Hall–Kier alpha value is -3.04. The fourth-order valence-corrected chi connectivity index (χ4v) is 4.63. The van der Waals surface area contributed by atoms with Gasteiger partial charge in [0.1, 0.15) is 0 Å². The lowest BCUT2D eigenvalue weighted by Crippen LogP contribution is -2.29. The molecule has 3 amide bonds. The molecule has 1 unspecified atom stereocenters. The molecule has 7 nitrogen and oxygen atoms in total. The Kier molecular flexibility index (Phi) is 7.54. The van der Waals surface area contributed by atoms with Crippen molar-refractivity contribution in [3.05, 3.63) is 57.8 Å². The second-order valence-corrected chi connectivity index (χ2v) is 9.16. The van der Waals surface area contributed by atoms with Crippen LogP contribution in [0.5, 0.6) is 0 Å². The molecule has 0 aliphatic rings. The second-order valence-electron chi connectivity index (χ2n) is 7.13. The third-order valence-electron chi connectivity index (χ3n) is 4.42. The van der Waals surface area contributed by atoms with E-state index >= 15 is 0 Å². The summed E-state index contributed by atoms with van der Waals surface area (Å²) in [6, 6.07) is 11.2. The highest BCUT2D eigenvalue weighted by Gasteiger charge is 2.18. The predicted molar refractivity (Wildman–Crippen MR) is 124 cm³/mol. The zero-order valence-corrected chi connectivity index (χ0v) is 19.2. The molecule has 0 saturated heterocycles. The molecule has 3 rings (SSSR count). The van der Waals surface area contributed by atoms with Crippen molar-refractivity contribution in [3.8, 4) is 10.6 Å². The maximum absolute atomic E-state index is 12.6. The van der Waals surface area contributed by atoms with Gasteiger partial charge in [0, 0.05) is 24.1 Å². The number of rotatable bonds is 8. The number of aryl methyl sites for hydroxylation is 1. The molecular formula is C22H24N4O3S2. The van der Waals surface area contributed by atoms with E-state index < -0.39 is 6.04 Å². The van der Waals surface area contributed by atoms with Crippen LogP contribution in [0.25, 0.3) is 10.6 Å². The van der Waals surface area contributed by atoms with Crippen LogP contribution in [0.2, 0.25) is 0 Å². The Bertz CT molecular complexity index is 1070. The first-order valence-corrected chi connectivity index (χ1v) is 11.4. The molecule has 0 aliphatic heterocycles. The lowest BCUT2D eigenvalue weighted by molar-refractivity contribution is -0.121. The van der Waals surface area contributed by atoms with Gasteiger partial charge < -0.3 is 16.0 Å². The molecule has 0 bridgehead atoms. The van der Waals surface area contributed by atoms with Gasteiger partial charge in [0.2, 0.25) is 17.7 Å². The van der Waals surface area contributed by atoms with E-state index in [2.05, 4.69) is 20.9 Å². The second kappa shape index (κ2) is 10.3. The molecule has 0 radical (unpaired) electrons. The SMILES string of the molecule is CC(=O)NCc1ccc(-c2csc(NC(=O)CC(NC(C)=O)c3ccc(C)cc3)n2)s1. The van der Waals surface area contributed by atoms with Crippen LogP contribution in [-0.2, 0) is 20.9 Å². The average Bonchev–Trinajstić information content (AvgIpc) is 3.35. The fourth-order valence-electron chi connectivity index (χ4n) is 2.92. The number of hydrogen-bond donors (Lipinski definition) is 3. The molecule has 0 spiro atoms. The van der Waals surface area contributed by atoms with Crippen molar-refractivity contribution in [3.63, 3.8) is 0 Å². The quantitative estimate of drug-likeness (QED) is 0.477. The third kappa shape index (κ3) is 6.73. The van der Waals surface area contributed by atoms with Crippen molar-refractivity contribution in [2.45, 2.75) is 39.8 Å². The first-order chi connectivity index (χ1) is 14.8. The van der Waals surface area contributed by atoms with Crippen molar-refractivity contribution in [1.29, 1.82) is 0 Å². The Morgan fingerprint density at radius 2 is 1.77 bits per heavy atom. The monoisotopic (exact) mass is 456 g/mol. The lowest BCUT2D eigenvalue weighted by atomic mass is 10.0. The van der Waals surface area contributed by atoms with Gasteiger partial charge in [0.15, 0.2) is 5.13 Å². The standard InChI is InChI=1S/C22H24N4O3S2/c1-13-4-6-16(7-5-13)18(24-15(3)28)10-21(29)26-22-25-19(12-30-22)20-9-8-17(31-20)11-23-14(2)27/h4-9,12,18H,10-11H2,1-3H3,(H,23,27)(H,24,28)(H,25,26,29). The maximum Gasteiger partial charge on any atom is 0.228 e. The number of carbonyl (C=O) groups is 3. The van der Waals surface area contributed by atoms with Crippen LogP contribution in [-0.4, -0.2) is 22.7 Å². The van der Waals surface area contributed by atoms with Crippen LogP contribution in [0, 0.1) is 6.92 Å². The number of amides is 3. The Balaban J connectivity index is 1.63. The van der Waals surface area contributed by atoms with Gasteiger partial charge in [-0.15, -0.1) is 22.7 Å². The number of nitrogens with one attached hydrogen (secondary N) is 3. The molecular weight excluding hydrogens is 432 g/mol. The van der Waals surface area contributed by atoms with Gasteiger partial charge in [-0.3, -0.25) is 14.4 Å². The van der Waals surface area contributed by atoms with E-state index in [4.69, 9.17) is 0 Å². The lowest BCUT2D eigenvalue weighted by Gasteiger charge is -2.18. The van der Waals surface area contributed by atoms with Crippen LogP contribution < -0.4 is 16.0 Å². The van der Waals surface area contributed by atoms with Crippen LogP contribution >= 0.6 is 22.7 Å². The van der Waals surface area contributed by atoms with E-state index in [1.807, 2.05) is 48.7 Å². The number of thiazole rings is 1. The first kappa shape index (κ1) is 22.6. The van der Waals surface area contributed by atoms with Gasteiger partial charge in [0.05, 0.1) is 29.6 Å². The van der Waals surface area contributed by atoms with Gasteiger partial charge in [-0.05, 0) is 24.6 Å². The molecule has 0 saturated carbocycles. The topological polar surface area (TPSA) is 100 Å². The summed E-state index contributed by atoms with van der Waals surface area (Å²) in [5, 5.41) is 10.8.